The van der Waals surface area contributed by atoms with Gasteiger partial charge in [-0.1, -0.05) is 41.5 Å². The third kappa shape index (κ3) is 11.9. The largest absolute Gasteiger partial charge is 0.474 e. The summed E-state index contributed by atoms with van der Waals surface area (Å²) in [6.07, 6.45) is 1.71. The molecule has 27 heavy (non-hydrogen) atoms. The lowest BCUT2D eigenvalue weighted by Crippen LogP contribution is -2.25. The van der Waals surface area contributed by atoms with Crippen molar-refractivity contribution in [2.75, 3.05) is 51.0 Å². The first-order valence-electron chi connectivity index (χ1n) is 9.97. The van der Waals surface area contributed by atoms with Crippen molar-refractivity contribution >= 4 is 17.6 Å². The fraction of sp³-hybridized carbons (Fsp3) is 0.700. The van der Waals surface area contributed by atoms with Crippen LogP contribution in [0.25, 0.3) is 0 Å². The number of hydrogen-bond acceptors (Lipinski definition) is 6. The Kier molecular flexibility index (Phi) is 17.3. The zero-order valence-corrected chi connectivity index (χ0v) is 18.5. The highest BCUT2D eigenvalue weighted by Crippen LogP contribution is 2.23. The monoisotopic (exact) mass is 384 g/mol. The molecule has 0 atom stereocenters. The highest BCUT2D eigenvalue weighted by atomic mass is 16.6. The van der Waals surface area contributed by atoms with Crippen LogP contribution in [0.15, 0.2) is 12.1 Å². The van der Waals surface area contributed by atoms with Gasteiger partial charge in [0.2, 0.25) is 5.88 Å². The van der Waals surface area contributed by atoms with Gasteiger partial charge in [0.1, 0.15) is 19.0 Å². The van der Waals surface area contributed by atoms with E-state index in [1.165, 1.54) is 4.90 Å². The Morgan fingerprint density at radius 3 is 2.07 bits per heavy atom. The van der Waals surface area contributed by atoms with E-state index >= 15 is 0 Å². The molecule has 7 nitrogen and oxygen atoms in total. The van der Waals surface area contributed by atoms with Gasteiger partial charge in [0.25, 0.3) is 0 Å². The number of carbonyl (C=O) groups excluding carboxylic acids is 1. The Balaban J connectivity index is 0. The number of anilines is 2. The molecule has 1 aromatic heterocycles. The van der Waals surface area contributed by atoms with Gasteiger partial charge in [-0.05, 0) is 12.8 Å². The second-order valence-corrected chi connectivity index (χ2v) is 5.43. The minimum Gasteiger partial charge on any atom is -0.474 e. The maximum absolute atomic E-state index is 11.3. The van der Waals surface area contributed by atoms with Crippen molar-refractivity contribution < 1.29 is 14.3 Å². The first-order valence-corrected chi connectivity index (χ1v) is 9.97. The molecule has 0 aromatic carbocycles. The summed E-state index contributed by atoms with van der Waals surface area (Å²) in [7, 11) is 3.26. The van der Waals surface area contributed by atoms with Gasteiger partial charge in [-0.2, -0.15) is 4.98 Å². The highest BCUT2D eigenvalue weighted by molar-refractivity contribution is 5.66. The van der Waals surface area contributed by atoms with Crippen molar-refractivity contribution in [3.63, 3.8) is 0 Å². The lowest BCUT2D eigenvalue weighted by molar-refractivity contribution is 0.101. The third-order valence-corrected chi connectivity index (χ3v) is 3.08. The summed E-state index contributed by atoms with van der Waals surface area (Å²) >= 11 is 0. The van der Waals surface area contributed by atoms with Gasteiger partial charge < -0.3 is 25.0 Å². The van der Waals surface area contributed by atoms with E-state index in [1.807, 2.05) is 39.8 Å². The predicted molar refractivity (Wildman–Crippen MR) is 115 cm³/mol. The standard InChI is InChI=1S/C16H28N4O3.2C2H6/c1-5-7-20(8-6-2)13-11-14(17)18-15(12-13)22-9-10-23-16(21)19(3)4;2*1-2/h11-12H,5-10H2,1-4H3,(H2,17,18);2*1-2H3. The fourth-order valence-electron chi connectivity index (χ4n) is 2.08. The van der Waals surface area contributed by atoms with Crippen LogP contribution in [-0.4, -0.2) is 56.4 Å². The Bertz CT molecular complexity index is 490. The van der Waals surface area contributed by atoms with E-state index in [0.29, 0.717) is 11.7 Å². The Morgan fingerprint density at radius 2 is 1.59 bits per heavy atom. The lowest BCUT2D eigenvalue weighted by atomic mass is 10.3. The van der Waals surface area contributed by atoms with Crippen molar-refractivity contribution in [3.05, 3.63) is 12.1 Å². The Hall–Kier alpha value is -2.18. The number of nitrogens with two attached hydrogens (primary N) is 1. The van der Waals surface area contributed by atoms with Crippen molar-refractivity contribution in [3.8, 4) is 5.88 Å². The van der Waals surface area contributed by atoms with Crippen molar-refractivity contribution in [1.29, 1.82) is 0 Å². The first-order chi connectivity index (χ1) is 13.0. The molecular weight excluding hydrogens is 344 g/mol. The molecule has 0 aliphatic carbocycles. The second-order valence-electron chi connectivity index (χ2n) is 5.43. The van der Waals surface area contributed by atoms with Crippen LogP contribution >= 0.6 is 0 Å². The lowest BCUT2D eigenvalue weighted by Gasteiger charge is -2.24. The number of hydrogen-bond donors (Lipinski definition) is 1. The van der Waals surface area contributed by atoms with Gasteiger partial charge in [0, 0.05) is 45.0 Å². The minimum atomic E-state index is -0.396. The van der Waals surface area contributed by atoms with Crippen LogP contribution in [-0.2, 0) is 4.74 Å². The van der Waals surface area contributed by atoms with Crippen LogP contribution in [0, 0.1) is 0 Å². The maximum atomic E-state index is 11.3. The van der Waals surface area contributed by atoms with Crippen molar-refractivity contribution in [2.45, 2.75) is 54.4 Å². The topological polar surface area (TPSA) is 80.9 Å². The van der Waals surface area contributed by atoms with Crippen LogP contribution in [0.3, 0.4) is 0 Å². The van der Waals surface area contributed by atoms with Gasteiger partial charge in [0.05, 0.1) is 0 Å². The van der Waals surface area contributed by atoms with E-state index in [2.05, 4.69) is 23.7 Å². The van der Waals surface area contributed by atoms with Gasteiger partial charge in [0.15, 0.2) is 0 Å². The second kappa shape index (κ2) is 17.2. The number of nitrogens with zero attached hydrogens (tertiary/aromatic N) is 3. The summed E-state index contributed by atoms with van der Waals surface area (Å²) in [5, 5.41) is 0. The summed E-state index contributed by atoms with van der Waals surface area (Å²) in [6, 6.07) is 3.72. The molecule has 0 saturated carbocycles. The van der Waals surface area contributed by atoms with E-state index < -0.39 is 6.09 Å². The number of ether oxygens (including phenoxy) is 2. The smallest absolute Gasteiger partial charge is 0.409 e. The molecule has 0 aliphatic heterocycles. The van der Waals surface area contributed by atoms with Crippen molar-refractivity contribution in [2.24, 2.45) is 0 Å². The van der Waals surface area contributed by atoms with Gasteiger partial charge in [-0.15, -0.1) is 0 Å². The molecule has 1 rings (SSSR count). The van der Waals surface area contributed by atoms with Crippen LogP contribution in [0.5, 0.6) is 5.88 Å². The Morgan fingerprint density at radius 1 is 1.04 bits per heavy atom. The molecule has 158 valence electrons. The number of rotatable bonds is 9. The zero-order chi connectivity index (χ0) is 21.2. The molecule has 0 aliphatic rings. The summed E-state index contributed by atoms with van der Waals surface area (Å²) in [5.41, 5.74) is 6.87. The number of nitrogen functional groups attached to an aromatic ring is 1. The van der Waals surface area contributed by atoms with E-state index in [0.717, 1.165) is 31.6 Å². The molecule has 0 fully saturated rings. The molecule has 0 saturated heterocycles. The van der Waals surface area contributed by atoms with Gasteiger partial charge in [-0.25, -0.2) is 4.79 Å². The molecule has 1 aromatic rings. The molecule has 0 bridgehead atoms. The summed E-state index contributed by atoms with van der Waals surface area (Å²) < 4.78 is 10.6. The predicted octanol–water partition coefficient (Wildman–Crippen LogP) is 4.42. The van der Waals surface area contributed by atoms with Gasteiger partial charge >= 0.3 is 6.09 Å². The average molecular weight is 385 g/mol. The van der Waals surface area contributed by atoms with E-state index in [-0.39, 0.29) is 13.2 Å². The SMILES string of the molecule is CC.CC.CCCN(CCC)c1cc(N)nc(OCCOC(=O)N(C)C)c1. The highest BCUT2D eigenvalue weighted by Gasteiger charge is 2.09. The number of aromatic nitrogens is 1. The molecular formula is C20H40N4O3. The molecule has 7 heteroatoms. The van der Waals surface area contributed by atoms with E-state index in [1.54, 1.807) is 14.1 Å². The Labute approximate surface area is 165 Å². The van der Waals surface area contributed by atoms with Crippen LogP contribution in [0.2, 0.25) is 0 Å². The number of carbonyl (C=O) groups is 1. The molecule has 0 radical (unpaired) electrons. The third-order valence-electron chi connectivity index (χ3n) is 3.08. The maximum Gasteiger partial charge on any atom is 0.409 e. The number of amides is 1. The fourth-order valence-corrected chi connectivity index (χ4v) is 2.08. The molecule has 0 spiro atoms. The summed E-state index contributed by atoms with van der Waals surface area (Å²) in [5.74, 6) is 0.859. The zero-order valence-electron chi connectivity index (χ0n) is 18.5. The van der Waals surface area contributed by atoms with Crippen LogP contribution in [0.4, 0.5) is 16.3 Å². The molecule has 2 N–H and O–H groups in total. The van der Waals surface area contributed by atoms with E-state index in [9.17, 15) is 4.79 Å². The molecule has 0 unspecified atom stereocenters. The van der Waals surface area contributed by atoms with Gasteiger partial charge in [-0.3, -0.25) is 0 Å². The van der Waals surface area contributed by atoms with Crippen LogP contribution < -0.4 is 15.4 Å². The normalized spacial score (nSPS) is 9.19. The number of pyridine rings is 1. The van der Waals surface area contributed by atoms with Crippen LogP contribution in [0.1, 0.15) is 54.4 Å². The summed E-state index contributed by atoms with van der Waals surface area (Å²) in [6.45, 7) is 14.6. The minimum absolute atomic E-state index is 0.163. The molecule has 1 heterocycles. The molecule has 1 amide bonds. The first kappa shape index (κ1) is 27.0. The summed E-state index contributed by atoms with van der Waals surface area (Å²) in [4.78, 5) is 19.1. The van der Waals surface area contributed by atoms with Crippen molar-refractivity contribution in [1.82, 2.24) is 9.88 Å². The average Bonchev–Trinajstić information content (AvgIpc) is 2.67. The quantitative estimate of drug-likeness (QED) is 0.635. The van der Waals surface area contributed by atoms with E-state index in [4.69, 9.17) is 15.2 Å².